The van der Waals surface area contributed by atoms with Crippen molar-refractivity contribution in [1.29, 1.82) is 5.26 Å². The van der Waals surface area contributed by atoms with E-state index in [0.29, 0.717) is 17.5 Å². The van der Waals surface area contributed by atoms with Gasteiger partial charge in [0.25, 0.3) is 11.8 Å². The first-order valence-corrected chi connectivity index (χ1v) is 9.00. The molecule has 0 bridgehead atoms. The minimum Gasteiger partial charge on any atom is -0.479 e. The number of likely N-dealkylation sites (tertiary alicyclic amines) is 1. The van der Waals surface area contributed by atoms with E-state index in [4.69, 9.17) is 14.5 Å². The Morgan fingerprint density at radius 1 is 1.33 bits per heavy atom. The van der Waals surface area contributed by atoms with Crippen LogP contribution in [0.1, 0.15) is 35.5 Å². The van der Waals surface area contributed by atoms with Crippen molar-refractivity contribution in [1.82, 2.24) is 20.3 Å². The van der Waals surface area contributed by atoms with Crippen molar-refractivity contribution in [3.8, 4) is 11.9 Å². The molecular weight excluding hydrogens is 348 g/mol. The van der Waals surface area contributed by atoms with Gasteiger partial charge in [0.05, 0.1) is 13.2 Å². The zero-order chi connectivity index (χ0) is 18.8. The number of amides is 1. The fraction of sp³-hybridized carbons (Fsp3) is 0.500. The molecule has 1 amide bonds. The summed E-state index contributed by atoms with van der Waals surface area (Å²) in [5, 5.41) is 20.7. The van der Waals surface area contributed by atoms with Crippen LogP contribution in [0.2, 0.25) is 0 Å². The Labute approximate surface area is 156 Å². The number of hydrogen-bond donors (Lipinski definition) is 0. The minimum absolute atomic E-state index is 0.132. The zero-order valence-corrected chi connectivity index (χ0v) is 15.0. The Morgan fingerprint density at radius 2 is 2.22 bits per heavy atom. The molecule has 4 rings (SSSR count). The third-order valence-electron chi connectivity index (χ3n) is 5.33. The van der Waals surface area contributed by atoms with Crippen LogP contribution < -0.4 is 9.64 Å². The molecule has 0 saturated carbocycles. The lowest BCUT2D eigenvalue weighted by Crippen LogP contribution is -2.56. The van der Waals surface area contributed by atoms with Crippen molar-refractivity contribution in [2.24, 2.45) is 5.92 Å². The van der Waals surface area contributed by atoms with Crippen LogP contribution in [0.15, 0.2) is 22.7 Å². The summed E-state index contributed by atoms with van der Waals surface area (Å²) in [7, 11) is 1.49. The Balaban J connectivity index is 1.47. The van der Waals surface area contributed by atoms with E-state index in [1.165, 1.54) is 13.2 Å². The van der Waals surface area contributed by atoms with Crippen LogP contribution in [0.3, 0.4) is 0 Å². The monoisotopic (exact) mass is 368 g/mol. The fourth-order valence-electron chi connectivity index (χ4n) is 4.01. The largest absolute Gasteiger partial charge is 0.479 e. The number of hydrogen-bond acceptors (Lipinski definition) is 8. The second kappa shape index (κ2) is 7.23. The molecule has 0 aromatic carbocycles. The number of piperidine rings is 2. The fourth-order valence-corrected chi connectivity index (χ4v) is 4.01. The van der Waals surface area contributed by atoms with Crippen molar-refractivity contribution in [2.75, 3.05) is 31.6 Å². The summed E-state index contributed by atoms with van der Waals surface area (Å²) in [5.74, 6) is 1.52. The second-order valence-corrected chi connectivity index (χ2v) is 6.82. The lowest BCUT2D eigenvalue weighted by molar-refractivity contribution is 0.0410. The molecule has 2 aromatic rings. The van der Waals surface area contributed by atoms with Crippen LogP contribution in [0, 0.1) is 17.2 Å². The Kier molecular flexibility index (Phi) is 4.62. The van der Waals surface area contributed by atoms with Crippen LogP contribution in [0.25, 0.3) is 0 Å². The molecule has 27 heavy (non-hydrogen) atoms. The first-order valence-electron chi connectivity index (χ1n) is 9.00. The van der Waals surface area contributed by atoms with E-state index in [-0.39, 0.29) is 17.7 Å². The van der Waals surface area contributed by atoms with Gasteiger partial charge in [-0.1, -0.05) is 0 Å². The molecule has 9 nitrogen and oxygen atoms in total. The summed E-state index contributed by atoms with van der Waals surface area (Å²) in [4.78, 5) is 17.0. The molecular formula is C18H20N6O3. The minimum atomic E-state index is -0.132. The molecule has 0 spiro atoms. The SMILES string of the molecule is COc1cc(C(=O)N2CCCC3CN(c4ccc(C#N)nn4)CCC32)on1. The molecule has 140 valence electrons. The predicted molar refractivity (Wildman–Crippen MR) is 94.2 cm³/mol. The zero-order valence-electron chi connectivity index (χ0n) is 15.0. The molecule has 2 atom stereocenters. The summed E-state index contributed by atoms with van der Waals surface area (Å²) in [6, 6.07) is 7.20. The third kappa shape index (κ3) is 3.30. The molecule has 0 N–H and O–H groups in total. The van der Waals surface area contributed by atoms with E-state index in [9.17, 15) is 4.79 Å². The number of rotatable bonds is 3. The third-order valence-corrected chi connectivity index (χ3v) is 5.33. The smallest absolute Gasteiger partial charge is 0.292 e. The Bertz CT molecular complexity index is 859. The molecule has 2 aliphatic heterocycles. The first kappa shape index (κ1) is 17.3. The van der Waals surface area contributed by atoms with E-state index < -0.39 is 0 Å². The molecule has 2 saturated heterocycles. The number of ether oxygens (including phenoxy) is 1. The molecule has 2 unspecified atom stereocenters. The van der Waals surface area contributed by atoms with Crippen LogP contribution in [0.5, 0.6) is 5.88 Å². The highest BCUT2D eigenvalue weighted by atomic mass is 16.5. The van der Waals surface area contributed by atoms with Crippen LogP contribution in [-0.2, 0) is 0 Å². The molecule has 2 fully saturated rings. The standard InChI is InChI=1S/C18H20N6O3/c1-26-17-9-15(27-22-17)18(25)24-7-2-3-12-11-23(8-6-14(12)24)16-5-4-13(10-19)20-21-16/h4-5,9,12,14H,2-3,6-8,11H2,1H3. The van der Waals surface area contributed by atoms with Crippen molar-refractivity contribution in [2.45, 2.75) is 25.3 Å². The lowest BCUT2D eigenvalue weighted by Gasteiger charge is -2.47. The van der Waals surface area contributed by atoms with Gasteiger partial charge in [-0.25, -0.2) is 0 Å². The molecule has 2 aliphatic rings. The predicted octanol–water partition coefficient (Wildman–Crippen LogP) is 1.48. The number of carbonyl (C=O) groups is 1. The second-order valence-electron chi connectivity index (χ2n) is 6.82. The van der Waals surface area contributed by atoms with Gasteiger partial charge in [0, 0.05) is 25.7 Å². The number of aromatic nitrogens is 3. The van der Waals surface area contributed by atoms with Gasteiger partial charge in [0.2, 0.25) is 5.76 Å². The number of anilines is 1. The van der Waals surface area contributed by atoms with E-state index in [2.05, 4.69) is 20.3 Å². The highest BCUT2D eigenvalue weighted by Crippen LogP contribution is 2.33. The normalized spacial score (nSPS) is 22.1. The maximum atomic E-state index is 12.9. The first-order chi connectivity index (χ1) is 13.2. The molecule has 9 heteroatoms. The van der Waals surface area contributed by atoms with Crippen molar-refractivity contribution >= 4 is 11.7 Å². The number of carbonyl (C=O) groups excluding carboxylic acids is 1. The average Bonchev–Trinajstić information content (AvgIpc) is 3.22. The van der Waals surface area contributed by atoms with E-state index in [1.807, 2.05) is 17.0 Å². The average molecular weight is 368 g/mol. The number of nitriles is 1. The quantitative estimate of drug-likeness (QED) is 0.801. The van der Waals surface area contributed by atoms with Crippen molar-refractivity contribution in [3.63, 3.8) is 0 Å². The van der Waals surface area contributed by atoms with Gasteiger partial charge in [-0.2, -0.15) is 5.26 Å². The van der Waals surface area contributed by atoms with Gasteiger partial charge in [-0.3, -0.25) is 4.79 Å². The maximum Gasteiger partial charge on any atom is 0.292 e. The summed E-state index contributed by atoms with van der Waals surface area (Å²) in [6.45, 7) is 2.32. The Morgan fingerprint density at radius 3 is 2.93 bits per heavy atom. The highest BCUT2D eigenvalue weighted by molar-refractivity contribution is 5.92. The number of fused-ring (bicyclic) bond motifs is 1. The maximum absolute atomic E-state index is 12.9. The van der Waals surface area contributed by atoms with Crippen molar-refractivity contribution in [3.05, 3.63) is 29.7 Å². The summed E-state index contributed by atoms with van der Waals surface area (Å²) in [6.07, 6.45) is 2.86. The van der Waals surface area contributed by atoms with Crippen LogP contribution >= 0.6 is 0 Å². The van der Waals surface area contributed by atoms with Gasteiger partial charge in [0.1, 0.15) is 6.07 Å². The lowest BCUT2D eigenvalue weighted by atomic mass is 9.83. The molecule has 0 aliphatic carbocycles. The van der Waals surface area contributed by atoms with Gasteiger partial charge >= 0.3 is 0 Å². The van der Waals surface area contributed by atoms with Gasteiger partial charge in [-0.05, 0) is 42.5 Å². The van der Waals surface area contributed by atoms with E-state index in [1.54, 1.807) is 6.07 Å². The van der Waals surface area contributed by atoms with E-state index in [0.717, 1.165) is 44.7 Å². The number of methoxy groups -OCH3 is 1. The topological polar surface area (TPSA) is 108 Å². The molecule has 2 aromatic heterocycles. The van der Waals surface area contributed by atoms with Crippen molar-refractivity contribution < 1.29 is 14.1 Å². The van der Waals surface area contributed by atoms with E-state index >= 15 is 0 Å². The summed E-state index contributed by atoms with van der Waals surface area (Å²) >= 11 is 0. The number of nitrogens with zero attached hydrogens (tertiary/aromatic N) is 6. The summed E-state index contributed by atoms with van der Waals surface area (Å²) in [5.41, 5.74) is 0.311. The van der Waals surface area contributed by atoms with Gasteiger partial charge in [0.15, 0.2) is 11.5 Å². The van der Waals surface area contributed by atoms with Crippen LogP contribution in [-0.4, -0.2) is 58.9 Å². The Hall–Kier alpha value is -3.15. The van der Waals surface area contributed by atoms with Gasteiger partial charge in [-0.15, -0.1) is 10.2 Å². The highest BCUT2D eigenvalue weighted by Gasteiger charge is 2.39. The van der Waals surface area contributed by atoms with Gasteiger partial charge < -0.3 is 19.1 Å². The summed E-state index contributed by atoms with van der Waals surface area (Å²) < 4.78 is 10.1. The molecule has 0 radical (unpaired) electrons. The van der Waals surface area contributed by atoms with Crippen LogP contribution in [0.4, 0.5) is 5.82 Å². The molecule has 4 heterocycles.